The second kappa shape index (κ2) is 8.74. The molecule has 6 heteroatoms. The summed E-state index contributed by atoms with van der Waals surface area (Å²) in [4.78, 5) is 23.2. The largest absolute Gasteiger partial charge is 0.339 e. The topological polar surface area (TPSA) is 104 Å². The van der Waals surface area contributed by atoms with E-state index in [-0.39, 0.29) is 6.54 Å². The molecule has 0 aliphatic heterocycles. The lowest BCUT2D eigenvalue weighted by Crippen LogP contribution is -2.50. The molecule has 0 aliphatic carbocycles. The molecule has 0 spiro atoms. The van der Waals surface area contributed by atoms with Crippen molar-refractivity contribution in [2.45, 2.75) is 25.8 Å². The predicted molar refractivity (Wildman–Crippen MR) is 78.5 cm³/mol. The zero-order chi connectivity index (χ0) is 15.7. The van der Waals surface area contributed by atoms with E-state index in [4.69, 9.17) is 10.9 Å². The monoisotopic (exact) mass is 289 g/mol. The standard InChI is InChI=1S/C15H19N3O3/c1-2-3-4-5-11-6-8-12(9-7-11)14(19)17-13(10-16)15(20)18-21/h6-9,13,21H,2-3,10,16H2,1H3,(H,17,19)(H,18,20)/t13-/m0/s1. The molecule has 0 radical (unpaired) electrons. The fourth-order valence-electron chi connectivity index (χ4n) is 1.55. The van der Waals surface area contributed by atoms with Gasteiger partial charge in [-0.05, 0) is 30.7 Å². The highest BCUT2D eigenvalue weighted by Gasteiger charge is 2.19. The van der Waals surface area contributed by atoms with Gasteiger partial charge in [-0.25, -0.2) is 5.48 Å². The molecule has 0 bridgehead atoms. The first kappa shape index (κ1) is 16.7. The number of carbonyl (C=O) groups is 2. The van der Waals surface area contributed by atoms with Crippen LogP contribution in [0.15, 0.2) is 24.3 Å². The van der Waals surface area contributed by atoms with Gasteiger partial charge in [-0.15, -0.1) is 0 Å². The average Bonchev–Trinajstić information content (AvgIpc) is 2.52. The van der Waals surface area contributed by atoms with Crippen molar-refractivity contribution >= 4 is 11.8 Å². The van der Waals surface area contributed by atoms with Crippen LogP contribution in [0.1, 0.15) is 35.7 Å². The molecule has 5 N–H and O–H groups in total. The molecule has 0 aromatic heterocycles. The molecular formula is C15H19N3O3. The second-order valence-electron chi connectivity index (χ2n) is 4.37. The van der Waals surface area contributed by atoms with Crippen LogP contribution < -0.4 is 16.5 Å². The lowest BCUT2D eigenvalue weighted by molar-refractivity contribution is -0.130. The van der Waals surface area contributed by atoms with E-state index in [1.807, 2.05) is 0 Å². The highest BCUT2D eigenvalue weighted by atomic mass is 16.5. The molecule has 0 saturated carbocycles. The fourth-order valence-corrected chi connectivity index (χ4v) is 1.55. The molecular weight excluding hydrogens is 270 g/mol. The zero-order valence-corrected chi connectivity index (χ0v) is 11.8. The molecule has 1 aromatic rings. The maximum absolute atomic E-state index is 11.9. The van der Waals surface area contributed by atoms with Gasteiger partial charge in [-0.2, -0.15) is 0 Å². The molecule has 1 aromatic carbocycles. The number of rotatable bonds is 5. The number of benzene rings is 1. The molecule has 112 valence electrons. The third-order valence-corrected chi connectivity index (χ3v) is 2.72. The number of amides is 2. The van der Waals surface area contributed by atoms with Crippen LogP contribution in [0.25, 0.3) is 0 Å². The van der Waals surface area contributed by atoms with E-state index < -0.39 is 17.9 Å². The lowest BCUT2D eigenvalue weighted by Gasteiger charge is -2.14. The Morgan fingerprint density at radius 1 is 1.33 bits per heavy atom. The number of hydroxylamine groups is 1. The molecule has 1 atom stereocenters. The molecule has 0 saturated heterocycles. The average molecular weight is 289 g/mol. The minimum absolute atomic E-state index is 0.112. The molecule has 0 unspecified atom stereocenters. The molecule has 0 heterocycles. The first-order valence-corrected chi connectivity index (χ1v) is 6.66. The Hall–Kier alpha value is -2.36. The third-order valence-electron chi connectivity index (χ3n) is 2.72. The van der Waals surface area contributed by atoms with Gasteiger partial charge < -0.3 is 11.1 Å². The number of hydrogen-bond donors (Lipinski definition) is 4. The Labute approximate surface area is 123 Å². The van der Waals surface area contributed by atoms with Crippen LogP contribution in [-0.4, -0.2) is 29.6 Å². The van der Waals surface area contributed by atoms with Crippen molar-refractivity contribution in [3.63, 3.8) is 0 Å². The zero-order valence-electron chi connectivity index (χ0n) is 11.8. The fraction of sp³-hybridized carbons (Fsp3) is 0.333. The number of nitrogens with two attached hydrogens (primary N) is 1. The smallest absolute Gasteiger partial charge is 0.267 e. The minimum Gasteiger partial charge on any atom is -0.339 e. The van der Waals surface area contributed by atoms with Gasteiger partial charge in [0.15, 0.2) is 0 Å². The van der Waals surface area contributed by atoms with Crippen LogP contribution >= 0.6 is 0 Å². The van der Waals surface area contributed by atoms with Crippen LogP contribution in [0.3, 0.4) is 0 Å². The lowest BCUT2D eigenvalue weighted by atomic mass is 10.1. The van der Waals surface area contributed by atoms with Crippen molar-refractivity contribution in [3.05, 3.63) is 35.4 Å². The highest BCUT2D eigenvalue weighted by Crippen LogP contribution is 2.04. The Kier molecular flexibility index (Phi) is 6.95. The third kappa shape index (κ3) is 5.26. The van der Waals surface area contributed by atoms with Crippen molar-refractivity contribution in [2.75, 3.05) is 6.54 Å². The summed E-state index contributed by atoms with van der Waals surface area (Å²) in [5.74, 6) is 4.81. The SMILES string of the molecule is CCCC#Cc1ccc(C(=O)N[C@@H](CN)C(=O)NO)cc1. The molecule has 1 rings (SSSR count). The van der Waals surface area contributed by atoms with Crippen molar-refractivity contribution in [1.29, 1.82) is 0 Å². The van der Waals surface area contributed by atoms with Crippen LogP contribution in [0.5, 0.6) is 0 Å². The Morgan fingerprint density at radius 3 is 2.52 bits per heavy atom. The van der Waals surface area contributed by atoms with Gasteiger partial charge in [-0.3, -0.25) is 14.8 Å². The highest BCUT2D eigenvalue weighted by molar-refractivity contribution is 5.97. The summed E-state index contributed by atoms with van der Waals surface area (Å²) in [6, 6.07) is 5.74. The van der Waals surface area contributed by atoms with E-state index in [0.29, 0.717) is 5.56 Å². The molecule has 6 nitrogen and oxygen atoms in total. The summed E-state index contributed by atoms with van der Waals surface area (Å²) in [5, 5.41) is 11.0. The number of unbranched alkanes of at least 4 members (excludes halogenated alkanes) is 1. The predicted octanol–water partition coefficient (Wildman–Crippen LogP) is 0.401. The molecule has 0 aliphatic rings. The summed E-state index contributed by atoms with van der Waals surface area (Å²) in [5.41, 5.74) is 8.03. The summed E-state index contributed by atoms with van der Waals surface area (Å²) in [6.45, 7) is 1.94. The van der Waals surface area contributed by atoms with Gasteiger partial charge in [0.05, 0.1) is 0 Å². The van der Waals surface area contributed by atoms with Gasteiger partial charge >= 0.3 is 0 Å². The maximum atomic E-state index is 11.9. The van der Waals surface area contributed by atoms with Crippen molar-refractivity contribution < 1.29 is 14.8 Å². The van der Waals surface area contributed by atoms with Crippen LogP contribution in [0, 0.1) is 11.8 Å². The molecule has 0 fully saturated rings. The van der Waals surface area contributed by atoms with E-state index in [2.05, 4.69) is 24.1 Å². The van der Waals surface area contributed by atoms with Gasteiger partial charge in [0, 0.05) is 24.1 Å². The van der Waals surface area contributed by atoms with Gasteiger partial charge in [-0.1, -0.05) is 18.8 Å². The summed E-state index contributed by atoms with van der Waals surface area (Å²) in [7, 11) is 0. The van der Waals surface area contributed by atoms with Gasteiger partial charge in [0.1, 0.15) is 6.04 Å². The van der Waals surface area contributed by atoms with E-state index in [0.717, 1.165) is 18.4 Å². The van der Waals surface area contributed by atoms with E-state index in [9.17, 15) is 9.59 Å². The minimum atomic E-state index is -0.980. The van der Waals surface area contributed by atoms with Crippen LogP contribution in [0.4, 0.5) is 0 Å². The normalized spacial score (nSPS) is 11.0. The van der Waals surface area contributed by atoms with Gasteiger partial charge in [0.25, 0.3) is 11.8 Å². The summed E-state index contributed by atoms with van der Waals surface area (Å²) < 4.78 is 0. The van der Waals surface area contributed by atoms with Crippen molar-refractivity contribution in [1.82, 2.24) is 10.8 Å². The van der Waals surface area contributed by atoms with Crippen LogP contribution in [-0.2, 0) is 4.79 Å². The Bertz CT molecular complexity index is 544. The maximum Gasteiger partial charge on any atom is 0.267 e. The Balaban J connectivity index is 2.71. The Morgan fingerprint density at radius 2 is 2.00 bits per heavy atom. The van der Waals surface area contributed by atoms with E-state index in [1.165, 1.54) is 5.48 Å². The number of hydrogen-bond acceptors (Lipinski definition) is 4. The van der Waals surface area contributed by atoms with E-state index in [1.54, 1.807) is 24.3 Å². The van der Waals surface area contributed by atoms with E-state index >= 15 is 0 Å². The number of carbonyl (C=O) groups excluding carboxylic acids is 2. The van der Waals surface area contributed by atoms with Crippen LogP contribution in [0.2, 0.25) is 0 Å². The van der Waals surface area contributed by atoms with Crippen molar-refractivity contribution in [3.8, 4) is 11.8 Å². The quantitative estimate of drug-likeness (QED) is 0.358. The molecule has 2 amide bonds. The first-order valence-electron chi connectivity index (χ1n) is 6.66. The number of nitrogens with one attached hydrogen (secondary N) is 2. The van der Waals surface area contributed by atoms with Gasteiger partial charge in [0.2, 0.25) is 0 Å². The second-order valence-corrected chi connectivity index (χ2v) is 4.37. The van der Waals surface area contributed by atoms with Crippen molar-refractivity contribution in [2.24, 2.45) is 5.73 Å². The molecule has 21 heavy (non-hydrogen) atoms. The summed E-state index contributed by atoms with van der Waals surface area (Å²) >= 11 is 0. The summed E-state index contributed by atoms with van der Waals surface area (Å²) in [6.07, 6.45) is 1.83. The first-order chi connectivity index (χ1) is 10.1.